The Hall–Kier alpha value is -3.07. The standard InChI is InChI=1S/C22H18O3/c1-15-8-10-17(11-9-15)22(16-6-4-3-5-7-16)21(23)19-14-18(24-2)12-13-20(19)25-22/h3-14H,1-2H3/t22-/m0/s1. The summed E-state index contributed by atoms with van der Waals surface area (Å²) in [6, 6.07) is 22.9. The second-order valence-corrected chi connectivity index (χ2v) is 6.21. The molecule has 3 aromatic rings. The van der Waals surface area contributed by atoms with Gasteiger partial charge in [0.1, 0.15) is 11.5 Å². The molecule has 4 rings (SSSR count). The van der Waals surface area contributed by atoms with Crippen LogP contribution in [0, 0.1) is 6.92 Å². The number of ketones is 1. The first kappa shape index (κ1) is 15.5. The zero-order chi connectivity index (χ0) is 17.4. The number of rotatable bonds is 3. The van der Waals surface area contributed by atoms with Crippen LogP contribution in [0.15, 0.2) is 72.8 Å². The predicted molar refractivity (Wildman–Crippen MR) is 96.4 cm³/mol. The molecule has 1 heterocycles. The van der Waals surface area contributed by atoms with Crippen LogP contribution in [0.1, 0.15) is 27.0 Å². The Labute approximate surface area is 146 Å². The summed E-state index contributed by atoms with van der Waals surface area (Å²) in [6.45, 7) is 2.02. The molecule has 3 aromatic carbocycles. The Kier molecular flexibility index (Phi) is 3.57. The van der Waals surface area contributed by atoms with Gasteiger partial charge < -0.3 is 9.47 Å². The van der Waals surface area contributed by atoms with E-state index < -0.39 is 5.60 Å². The summed E-state index contributed by atoms with van der Waals surface area (Å²) in [6.07, 6.45) is 0. The molecule has 0 fully saturated rings. The smallest absolute Gasteiger partial charge is 0.221 e. The quantitative estimate of drug-likeness (QED) is 0.708. The van der Waals surface area contributed by atoms with Gasteiger partial charge in [-0.15, -0.1) is 0 Å². The highest BCUT2D eigenvalue weighted by atomic mass is 16.5. The van der Waals surface area contributed by atoms with Gasteiger partial charge in [-0.05, 0) is 25.1 Å². The minimum atomic E-state index is -1.16. The SMILES string of the molecule is COc1ccc2c(c1)C(=O)[C@](c1ccccc1)(c1ccc(C)cc1)O2. The van der Waals surface area contributed by atoms with E-state index in [-0.39, 0.29) is 5.78 Å². The van der Waals surface area contributed by atoms with Crippen molar-refractivity contribution in [2.75, 3.05) is 7.11 Å². The number of carbonyl (C=O) groups excluding carboxylic acids is 1. The first-order valence-electron chi connectivity index (χ1n) is 8.19. The molecule has 0 N–H and O–H groups in total. The Morgan fingerprint density at radius 2 is 1.56 bits per heavy atom. The third-order valence-electron chi connectivity index (χ3n) is 4.65. The average Bonchev–Trinajstić information content (AvgIpc) is 2.96. The number of Topliss-reactive ketones (excluding diaryl/α,β-unsaturated/α-hetero) is 1. The van der Waals surface area contributed by atoms with E-state index in [9.17, 15) is 4.79 Å². The number of hydrogen-bond acceptors (Lipinski definition) is 3. The molecule has 25 heavy (non-hydrogen) atoms. The fourth-order valence-electron chi connectivity index (χ4n) is 3.31. The maximum absolute atomic E-state index is 13.5. The zero-order valence-corrected chi connectivity index (χ0v) is 14.2. The fourth-order valence-corrected chi connectivity index (χ4v) is 3.31. The minimum absolute atomic E-state index is 0.0727. The maximum atomic E-state index is 13.5. The molecule has 1 aliphatic rings. The molecule has 0 bridgehead atoms. The molecule has 0 aromatic heterocycles. The third-order valence-corrected chi connectivity index (χ3v) is 4.65. The lowest BCUT2D eigenvalue weighted by Gasteiger charge is -2.28. The number of aryl methyl sites for hydroxylation is 1. The van der Waals surface area contributed by atoms with Crippen molar-refractivity contribution in [3.8, 4) is 11.5 Å². The van der Waals surface area contributed by atoms with Gasteiger partial charge in [0.05, 0.1) is 12.7 Å². The van der Waals surface area contributed by atoms with Gasteiger partial charge in [-0.25, -0.2) is 0 Å². The lowest BCUT2D eigenvalue weighted by atomic mass is 9.81. The molecule has 3 nitrogen and oxygen atoms in total. The van der Waals surface area contributed by atoms with Crippen LogP contribution < -0.4 is 9.47 Å². The molecule has 0 amide bonds. The number of hydrogen-bond donors (Lipinski definition) is 0. The van der Waals surface area contributed by atoms with E-state index in [0.717, 1.165) is 16.7 Å². The van der Waals surface area contributed by atoms with Crippen molar-refractivity contribution < 1.29 is 14.3 Å². The van der Waals surface area contributed by atoms with Crippen LogP contribution in [0.5, 0.6) is 11.5 Å². The molecule has 0 radical (unpaired) electrons. The van der Waals surface area contributed by atoms with E-state index in [1.54, 1.807) is 19.2 Å². The molecule has 1 aliphatic heterocycles. The number of benzene rings is 3. The Morgan fingerprint density at radius 3 is 2.24 bits per heavy atom. The van der Waals surface area contributed by atoms with Crippen LogP contribution in [-0.2, 0) is 5.60 Å². The van der Waals surface area contributed by atoms with Gasteiger partial charge in [-0.3, -0.25) is 4.79 Å². The van der Waals surface area contributed by atoms with Crippen LogP contribution in [0.2, 0.25) is 0 Å². The van der Waals surface area contributed by atoms with Gasteiger partial charge in [0.15, 0.2) is 0 Å². The summed E-state index contributed by atoms with van der Waals surface area (Å²) >= 11 is 0. The highest BCUT2D eigenvalue weighted by Crippen LogP contribution is 2.46. The Balaban J connectivity index is 1.95. The molecule has 0 saturated heterocycles. The van der Waals surface area contributed by atoms with Gasteiger partial charge in [0.25, 0.3) is 0 Å². The summed E-state index contributed by atoms with van der Waals surface area (Å²) in [5.41, 5.74) is 2.16. The summed E-state index contributed by atoms with van der Waals surface area (Å²) in [7, 11) is 1.59. The highest BCUT2D eigenvalue weighted by Gasteiger charge is 2.51. The molecule has 0 spiro atoms. The number of fused-ring (bicyclic) bond motifs is 1. The first-order valence-corrected chi connectivity index (χ1v) is 8.19. The van der Waals surface area contributed by atoms with Gasteiger partial charge in [0, 0.05) is 11.1 Å². The van der Waals surface area contributed by atoms with E-state index in [1.807, 2.05) is 67.6 Å². The molecule has 1 atom stereocenters. The van der Waals surface area contributed by atoms with E-state index in [1.165, 1.54) is 0 Å². The van der Waals surface area contributed by atoms with Gasteiger partial charge in [0.2, 0.25) is 11.4 Å². The average molecular weight is 330 g/mol. The molecular formula is C22H18O3. The molecule has 0 saturated carbocycles. The van der Waals surface area contributed by atoms with Crippen molar-refractivity contribution >= 4 is 5.78 Å². The monoisotopic (exact) mass is 330 g/mol. The molecule has 0 unspecified atom stereocenters. The molecule has 0 aliphatic carbocycles. The fraction of sp³-hybridized carbons (Fsp3) is 0.136. The third kappa shape index (κ3) is 2.31. The lowest BCUT2D eigenvalue weighted by Crippen LogP contribution is -2.38. The van der Waals surface area contributed by atoms with E-state index in [4.69, 9.17) is 9.47 Å². The number of ether oxygens (including phenoxy) is 2. The lowest BCUT2D eigenvalue weighted by molar-refractivity contribution is 0.0686. The van der Waals surface area contributed by atoms with Crippen molar-refractivity contribution in [3.05, 3.63) is 95.1 Å². The minimum Gasteiger partial charge on any atom is -0.497 e. The normalized spacial score (nSPS) is 18.6. The van der Waals surface area contributed by atoms with Gasteiger partial charge in [-0.1, -0.05) is 60.2 Å². The second-order valence-electron chi connectivity index (χ2n) is 6.21. The van der Waals surface area contributed by atoms with E-state index in [2.05, 4.69) is 0 Å². The summed E-state index contributed by atoms with van der Waals surface area (Å²) in [5, 5.41) is 0. The predicted octanol–water partition coefficient (Wildman–Crippen LogP) is 4.52. The van der Waals surface area contributed by atoms with Crippen molar-refractivity contribution in [1.82, 2.24) is 0 Å². The number of carbonyl (C=O) groups is 1. The maximum Gasteiger partial charge on any atom is 0.221 e. The topological polar surface area (TPSA) is 35.5 Å². The van der Waals surface area contributed by atoms with Crippen LogP contribution >= 0.6 is 0 Å². The number of methoxy groups -OCH3 is 1. The van der Waals surface area contributed by atoms with Crippen molar-refractivity contribution in [3.63, 3.8) is 0 Å². The summed E-state index contributed by atoms with van der Waals surface area (Å²) in [5.74, 6) is 1.15. The second kappa shape index (κ2) is 5.78. The largest absolute Gasteiger partial charge is 0.497 e. The first-order chi connectivity index (χ1) is 12.1. The van der Waals surface area contributed by atoms with E-state index in [0.29, 0.717) is 17.1 Å². The Bertz CT molecular complexity index is 929. The highest BCUT2D eigenvalue weighted by molar-refractivity contribution is 6.10. The summed E-state index contributed by atoms with van der Waals surface area (Å²) in [4.78, 5) is 13.5. The molecule has 3 heteroatoms. The van der Waals surface area contributed by atoms with Crippen LogP contribution in [0.25, 0.3) is 0 Å². The van der Waals surface area contributed by atoms with E-state index >= 15 is 0 Å². The van der Waals surface area contributed by atoms with Gasteiger partial charge >= 0.3 is 0 Å². The molecular weight excluding hydrogens is 312 g/mol. The van der Waals surface area contributed by atoms with Crippen molar-refractivity contribution in [2.45, 2.75) is 12.5 Å². The van der Waals surface area contributed by atoms with Crippen LogP contribution in [-0.4, -0.2) is 12.9 Å². The zero-order valence-electron chi connectivity index (χ0n) is 14.2. The van der Waals surface area contributed by atoms with Crippen LogP contribution in [0.3, 0.4) is 0 Å². The summed E-state index contributed by atoms with van der Waals surface area (Å²) < 4.78 is 11.6. The van der Waals surface area contributed by atoms with Gasteiger partial charge in [-0.2, -0.15) is 0 Å². The van der Waals surface area contributed by atoms with Crippen LogP contribution in [0.4, 0.5) is 0 Å². The van der Waals surface area contributed by atoms with Crippen molar-refractivity contribution in [2.24, 2.45) is 0 Å². The Morgan fingerprint density at radius 1 is 0.880 bits per heavy atom. The van der Waals surface area contributed by atoms with Crippen molar-refractivity contribution in [1.29, 1.82) is 0 Å². The molecule has 124 valence electrons.